The monoisotopic (exact) mass is 709 g/mol. The molecule has 11 heteroatoms. The molecule has 5 aromatic rings. The molecule has 0 N–H and O–H groups in total. The molecule has 4 aromatic carbocycles. The van der Waals surface area contributed by atoms with Crippen LogP contribution < -0.4 is 29.1 Å². The third kappa shape index (κ3) is 5.77. The maximum Gasteiger partial charge on any atom is 0.271 e. The highest BCUT2D eigenvalue weighted by Crippen LogP contribution is 2.43. The van der Waals surface area contributed by atoms with Crippen molar-refractivity contribution in [1.82, 2.24) is 4.57 Å². The van der Waals surface area contributed by atoms with Gasteiger partial charge in [-0.15, -0.1) is 0 Å². The number of allylic oxidation sites excluding steroid dienone is 1. The Morgan fingerprint density at radius 3 is 2.51 bits per heavy atom. The number of rotatable bonds is 8. The SMILES string of the molecule is COc1ccc([C@H]2C3=C(N=c4s/c(=C/c5cc(Br)ccc5OCc5ccc([N+](=O)[O-])cc5)c(=O)n42)c2ccccc2CC3)cc1OC. The van der Waals surface area contributed by atoms with Gasteiger partial charge < -0.3 is 14.2 Å². The van der Waals surface area contributed by atoms with Crippen molar-refractivity contribution in [3.8, 4) is 17.2 Å². The van der Waals surface area contributed by atoms with Gasteiger partial charge in [-0.1, -0.05) is 57.6 Å². The lowest BCUT2D eigenvalue weighted by Gasteiger charge is -2.31. The summed E-state index contributed by atoms with van der Waals surface area (Å²) in [4.78, 5) is 30.7. The lowest BCUT2D eigenvalue weighted by molar-refractivity contribution is -0.384. The number of nitrogens with zero attached hydrogens (tertiary/aromatic N) is 3. The lowest BCUT2D eigenvalue weighted by atomic mass is 9.83. The number of methoxy groups -OCH3 is 2. The fourth-order valence-electron chi connectivity index (χ4n) is 6.13. The first kappa shape index (κ1) is 30.6. The molecule has 1 atom stereocenters. The van der Waals surface area contributed by atoms with Crippen molar-refractivity contribution in [1.29, 1.82) is 0 Å². The predicted molar refractivity (Wildman–Crippen MR) is 184 cm³/mol. The quantitative estimate of drug-likeness (QED) is 0.133. The maximum absolute atomic E-state index is 14.4. The van der Waals surface area contributed by atoms with Gasteiger partial charge in [0.1, 0.15) is 12.4 Å². The van der Waals surface area contributed by atoms with E-state index in [1.807, 2.05) is 54.6 Å². The van der Waals surface area contributed by atoms with Crippen LogP contribution in [0.5, 0.6) is 17.2 Å². The molecule has 0 saturated heterocycles. The number of fused-ring (bicyclic) bond motifs is 3. The maximum atomic E-state index is 14.4. The molecule has 2 heterocycles. The van der Waals surface area contributed by atoms with Crippen LogP contribution in [0.25, 0.3) is 11.8 Å². The molecule has 0 saturated carbocycles. The molecule has 0 bridgehead atoms. The van der Waals surface area contributed by atoms with Crippen molar-refractivity contribution in [2.24, 2.45) is 4.99 Å². The first-order chi connectivity index (χ1) is 22.8. The van der Waals surface area contributed by atoms with Crippen LogP contribution in [-0.4, -0.2) is 23.7 Å². The Morgan fingerprint density at radius 1 is 0.979 bits per heavy atom. The van der Waals surface area contributed by atoms with Crippen molar-refractivity contribution >= 4 is 44.7 Å². The summed E-state index contributed by atoms with van der Waals surface area (Å²) >= 11 is 4.90. The van der Waals surface area contributed by atoms with Crippen molar-refractivity contribution in [3.63, 3.8) is 0 Å². The molecular formula is C36H28BrN3O6S. The van der Waals surface area contributed by atoms with Crippen LogP contribution in [-0.2, 0) is 13.0 Å². The topological polar surface area (TPSA) is 105 Å². The van der Waals surface area contributed by atoms with Gasteiger partial charge in [0, 0.05) is 27.7 Å². The average Bonchev–Trinajstić information content (AvgIpc) is 3.40. The van der Waals surface area contributed by atoms with Gasteiger partial charge in [0.15, 0.2) is 16.3 Å². The zero-order valence-electron chi connectivity index (χ0n) is 25.4. The number of non-ortho nitro benzene ring substituents is 1. The Balaban J connectivity index is 1.35. The number of nitro benzene ring substituents is 1. The van der Waals surface area contributed by atoms with E-state index in [1.54, 1.807) is 30.9 Å². The zero-order valence-corrected chi connectivity index (χ0v) is 27.8. The zero-order chi connectivity index (χ0) is 32.7. The Hall–Kier alpha value is -5.00. The van der Waals surface area contributed by atoms with E-state index in [2.05, 4.69) is 28.1 Å². The molecule has 236 valence electrons. The number of nitro groups is 1. The minimum Gasteiger partial charge on any atom is -0.493 e. The number of halogens is 1. The number of aromatic nitrogens is 1. The molecule has 1 aliphatic heterocycles. The van der Waals surface area contributed by atoms with E-state index in [1.165, 1.54) is 29.0 Å². The highest BCUT2D eigenvalue weighted by molar-refractivity contribution is 9.10. The number of aryl methyl sites for hydroxylation is 1. The van der Waals surface area contributed by atoms with Crippen LogP contribution in [0.4, 0.5) is 5.69 Å². The summed E-state index contributed by atoms with van der Waals surface area (Å²) in [5, 5.41) is 11.0. The van der Waals surface area contributed by atoms with Gasteiger partial charge >= 0.3 is 0 Å². The molecule has 1 aromatic heterocycles. The van der Waals surface area contributed by atoms with Crippen LogP contribution in [0.15, 0.2) is 105 Å². The van der Waals surface area contributed by atoms with Crippen molar-refractivity contribution < 1.29 is 19.1 Å². The first-order valence-corrected chi connectivity index (χ1v) is 16.5. The van der Waals surface area contributed by atoms with E-state index < -0.39 is 4.92 Å². The molecule has 0 unspecified atom stereocenters. The Labute approximate surface area is 282 Å². The van der Waals surface area contributed by atoms with E-state index in [9.17, 15) is 14.9 Å². The summed E-state index contributed by atoms with van der Waals surface area (Å²) in [7, 11) is 3.21. The smallest absolute Gasteiger partial charge is 0.271 e. The second-order valence-electron chi connectivity index (χ2n) is 11.1. The molecule has 0 amide bonds. The summed E-state index contributed by atoms with van der Waals surface area (Å²) < 4.78 is 20.5. The standard InChI is InChI=1S/C36H28BrN3O6S/c1-44-30-15-10-23(18-31(30)45-2)34-28-14-9-22-5-3-4-6-27(22)33(28)38-36-39(34)35(41)32(47-36)19-24-17-25(37)11-16-29(24)46-20-21-7-12-26(13-8-21)40(42)43/h3-8,10-13,15-19,34H,9,14,20H2,1-2H3/b32-19+/t34-/m0/s1. The molecular weight excluding hydrogens is 682 g/mol. The largest absolute Gasteiger partial charge is 0.493 e. The van der Waals surface area contributed by atoms with Crippen LogP contribution in [0.1, 0.15) is 40.3 Å². The van der Waals surface area contributed by atoms with Crippen LogP contribution in [0.2, 0.25) is 0 Å². The van der Waals surface area contributed by atoms with Gasteiger partial charge in [-0.25, -0.2) is 4.99 Å². The molecule has 9 nitrogen and oxygen atoms in total. The molecule has 1 aliphatic carbocycles. The van der Waals surface area contributed by atoms with E-state index in [0.29, 0.717) is 32.1 Å². The minimum absolute atomic E-state index is 0.0185. The molecule has 0 fully saturated rings. The van der Waals surface area contributed by atoms with Crippen LogP contribution in [0, 0.1) is 10.1 Å². The van der Waals surface area contributed by atoms with E-state index in [-0.39, 0.29) is 23.9 Å². The second kappa shape index (κ2) is 12.7. The Kier molecular flexibility index (Phi) is 8.25. The summed E-state index contributed by atoms with van der Waals surface area (Å²) in [6.07, 6.45) is 3.46. The Bertz CT molecular complexity index is 2260. The second-order valence-corrected chi connectivity index (χ2v) is 13.0. The summed E-state index contributed by atoms with van der Waals surface area (Å²) in [5.74, 6) is 1.77. The fraction of sp³-hybridized carbons (Fsp3) is 0.167. The lowest BCUT2D eigenvalue weighted by Crippen LogP contribution is -2.38. The number of benzene rings is 4. The normalized spacial score (nSPS) is 15.3. The van der Waals surface area contributed by atoms with Crippen LogP contribution >= 0.6 is 27.3 Å². The average molecular weight is 711 g/mol. The van der Waals surface area contributed by atoms with E-state index in [0.717, 1.165) is 45.3 Å². The van der Waals surface area contributed by atoms with Crippen molar-refractivity contribution in [3.05, 3.63) is 153 Å². The number of hydrogen-bond donors (Lipinski definition) is 0. The molecule has 2 aliphatic rings. The first-order valence-electron chi connectivity index (χ1n) is 14.9. The predicted octanol–water partition coefficient (Wildman–Crippen LogP) is 6.59. The molecule has 7 rings (SSSR count). The summed E-state index contributed by atoms with van der Waals surface area (Å²) in [6.45, 7) is 0.202. The minimum atomic E-state index is -0.432. The van der Waals surface area contributed by atoms with Gasteiger partial charge in [-0.05, 0) is 83.6 Å². The van der Waals surface area contributed by atoms with Crippen LogP contribution in [0.3, 0.4) is 0 Å². The van der Waals surface area contributed by atoms with Gasteiger partial charge in [0.05, 0.1) is 35.4 Å². The summed E-state index contributed by atoms with van der Waals surface area (Å²) in [5.41, 5.74) is 6.60. The van der Waals surface area contributed by atoms with Gasteiger partial charge in [0.25, 0.3) is 11.2 Å². The molecule has 0 radical (unpaired) electrons. The number of thiazole rings is 1. The summed E-state index contributed by atoms with van der Waals surface area (Å²) in [6, 6.07) is 25.6. The number of hydrogen-bond acceptors (Lipinski definition) is 8. The molecule has 0 spiro atoms. The van der Waals surface area contributed by atoms with E-state index >= 15 is 0 Å². The van der Waals surface area contributed by atoms with Gasteiger partial charge in [-0.2, -0.15) is 0 Å². The fourth-order valence-corrected chi connectivity index (χ4v) is 7.50. The Morgan fingerprint density at radius 2 is 1.74 bits per heavy atom. The third-order valence-electron chi connectivity index (χ3n) is 8.40. The molecule has 47 heavy (non-hydrogen) atoms. The third-order valence-corrected chi connectivity index (χ3v) is 9.87. The highest BCUT2D eigenvalue weighted by atomic mass is 79.9. The van der Waals surface area contributed by atoms with Crippen molar-refractivity contribution in [2.75, 3.05) is 14.2 Å². The van der Waals surface area contributed by atoms with Gasteiger partial charge in [0.2, 0.25) is 0 Å². The highest BCUT2D eigenvalue weighted by Gasteiger charge is 2.33. The number of ether oxygens (including phenoxy) is 3. The van der Waals surface area contributed by atoms with Gasteiger partial charge in [-0.3, -0.25) is 19.5 Å². The van der Waals surface area contributed by atoms with E-state index in [4.69, 9.17) is 19.2 Å². The van der Waals surface area contributed by atoms with Crippen molar-refractivity contribution in [2.45, 2.75) is 25.5 Å².